The van der Waals surface area contributed by atoms with Crippen LogP contribution in [0.5, 0.6) is 0 Å². The highest BCUT2D eigenvalue weighted by Crippen LogP contribution is 2.31. The van der Waals surface area contributed by atoms with Gasteiger partial charge in [0.2, 0.25) is 11.0 Å². The Kier molecular flexibility index (Phi) is 4.88. The molecule has 2 aromatic rings. The fraction of sp³-hybridized carbons (Fsp3) is 0.438. The molecule has 3 rings (SSSR count). The second-order valence-corrected chi connectivity index (χ2v) is 7.50. The van der Waals surface area contributed by atoms with E-state index in [0.29, 0.717) is 5.13 Å². The molecule has 0 atom stereocenters. The van der Waals surface area contributed by atoms with Gasteiger partial charge in [-0.1, -0.05) is 58.7 Å². The highest BCUT2D eigenvalue weighted by atomic mass is 79.9. The lowest BCUT2D eigenvalue weighted by Gasteiger charge is -2.24. The summed E-state index contributed by atoms with van der Waals surface area (Å²) in [7, 11) is 1.81. The molecule has 1 amide bonds. The predicted octanol–water partition coefficient (Wildman–Crippen LogP) is 4.51. The minimum absolute atomic E-state index is 0.152. The molecule has 1 aromatic carbocycles. The lowest BCUT2D eigenvalue weighted by atomic mass is 9.88. The van der Waals surface area contributed by atoms with Gasteiger partial charge in [-0.2, -0.15) is 0 Å². The van der Waals surface area contributed by atoms with Gasteiger partial charge in [0, 0.05) is 23.0 Å². The molecule has 4 nitrogen and oxygen atoms in total. The molecule has 0 saturated heterocycles. The maximum atomic E-state index is 12.5. The second-order valence-electron chi connectivity index (χ2n) is 5.63. The number of aromatic nitrogens is 2. The molecule has 1 aromatic heterocycles. The van der Waals surface area contributed by atoms with Crippen molar-refractivity contribution in [2.24, 2.45) is 5.92 Å². The minimum atomic E-state index is 0.152. The van der Waals surface area contributed by atoms with Crippen LogP contribution in [0.4, 0.5) is 5.13 Å². The van der Waals surface area contributed by atoms with Crippen molar-refractivity contribution in [1.82, 2.24) is 10.2 Å². The summed E-state index contributed by atoms with van der Waals surface area (Å²) in [5.41, 5.74) is 1.02. The van der Waals surface area contributed by atoms with Gasteiger partial charge in [-0.05, 0) is 25.0 Å². The molecule has 0 N–H and O–H groups in total. The van der Waals surface area contributed by atoms with E-state index in [2.05, 4.69) is 26.1 Å². The van der Waals surface area contributed by atoms with Crippen LogP contribution in [0.25, 0.3) is 10.6 Å². The van der Waals surface area contributed by atoms with Crippen molar-refractivity contribution in [1.29, 1.82) is 0 Å². The zero-order valence-electron chi connectivity index (χ0n) is 12.5. The first-order valence-electron chi connectivity index (χ1n) is 7.52. The van der Waals surface area contributed by atoms with Gasteiger partial charge in [0.25, 0.3) is 0 Å². The number of carbonyl (C=O) groups is 1. The van der Waals surface area contributed by atoms with E-state index in [1.54, 1.807) is 4.90 Å². The van der Waals surface area contributed by atoms with E-state index in [1.807, 2.05) is 31.3 Å². The first-order valence-corrected chi connectivity index (χ1v) is 9.13. The van der Waals surface area contributed by atoms with Crippen LogP contribution in [0.15, 0.2) is 28.7 Å². The van der Waals surface area contributed by atoms with Crippen LogP contribution >= 0.6 is 27.3 Å². The topological polar surface area (TPSA) is 46.1 Å². The largest absolute Gasteiger partial charge is 0.290 e. The highest BCUT2D eigenvalue weighted by molar-refractivity contribution is 9.10. The fourth-order valence-electron chi connectivity index (χ4n) is 2.78. The van der Waals surface area contributed by atoms with Crippen molar-refractivity contribution in [2.75, 3.05) is 11.9 Å². The van der Waals surface area contributed by atoms with Gasteiger partial charge in [-0.3, -0.25) is 9.69 Å². The molecule has 0 aliphatic heterocycles. The molecule has 116 valence electrons. The molecule has 1 fully saturated rings. The zero-order valence-corrected chi connectivity index (χ0v) is 14.9. The Labute approximate surface area is 142 Å². The van der Waals surface area contributed by atoms with E-state index in [4.69, 9.17) is 0 Å². The molecule has 1 aliphatic carbocycles. The Bertz CT molecular complexity index is 650. The summed E-state index contributed by atoms with van der Waals surface area (Å²) in [4.78, 5) is 14.2. The van der Waals surface area contributed by atoms with Crippen LogP contribution in [-0.4, -0.2) is 23.2 Å². The summed E-state index contributed by atoms with van der Waals surface area (Å²) in [5.74, 6) is 0.331. The van der Waals surface area contributed by atoms with E-state index in [1.165, 1.54) is 17.8 Å². The molecular formula is C16H18BrN3OS. The SMILES string of the molecule is CN(C(=O)C1CCCCC1)c1nnc(-c2ccc(Br)cc2)s1. The molecule has 6 heteroatoms. The number of rotatable bonds is 3. The molecule has 1 heterocycles. The van der Waals surface area contributed by atoms with Gasteiger partial charge in [-0.25, -0.2) is 0 Å². The van der Waals surface area contributed by atoms with Gasteiger partial charge in [0.1, 0.15) is 5.01 Å². The van der Waals surface area contributed by atoms with Crippen LogP contribution in [-0.2, 0) is 4.79 Å². The quantitative estimate of drug-likeness (QED) is 0.787. The zero-order chi connectivity index (χ0) is 15.5. The summed E-state index contributed by atoms with van der Waals surface area (Å²) in [6.07, 6.45) is 5.57. The van der Waals surface area contributed by atoms with E-state index in [0.717, 1.165) is 40.7 Å². The number of halogens is 1. The van der Waals surface area contributed by atoms with Crippen molar-refractivity contribution in [3.63, 3.8) is 0 Å². The maximum Gasteiger partial charge on any atom is 0.231 e. The van der Waals surface area contributed by atoms with E-state index in [9.17, 15) is 4.79 Å². The molecule has 0 radical (unpaired) electrons. The van der Waals surface area contributed by atoms with Crippen LogP contribution < -0.4 is 4.90 Å². The number of hydrogen-bond acceptors (Lipinski definition) is 4. The number of carbonyl (C=O) groups excluding carboxylic acids is 1. The van der Waals surface area contributed by atoms with Gasteiger partial charge in [0.05, 0.1) is 0 Å². The summed E-state index contributed by atoms with van der Waals surface area (Å²) in [5, 5.41) is 9.93. The van der Waals surface area contributed by atoms with Crippen molar-refractivity contribution in [3.8, 4) is 10.6 Å². The average molecular weight is 380 g/mol. The fourth-order valence-corrected chi connectivity index (χ4v) is 3.86. The molecule has 22 heavy (non-hydrogen) atoms. The summed E-state index contributed by atoms with van der Waals surface area (Å²) < 4.78 is 1.03. The Morgan fingerprint density at radius 1 is 1.18 bits per heavy atom. The average Bonchev–Trinajstić information content (AvgIpc) is 3.05. The van der Waals surface area contributed by atoms with E-state index >= 15 is 0 Å². The molecule has 0 unspecified atom stereocenters. The van der Waals surface area contributed by atoms with Crippen molar-refractivity contribution in [3.05, 3.63) is 28.7 Å². The van der Waals surface area contributed by atoms with Gasteiger partial charge in [0.15, 0.2) is 0 Å². The van der Waals surface area contributed by atoms with Crippen LogP contribution in [0.3, 0.4) is 0 Å². The number of amides is 1. The smallest absolute Gasteiger partial charge is 0.231 e. The van der Waals surface area contributed by atoms with Crippen molar-refractivity contribution in [2.45, 2.75) is 32.1 Å². The monoisotopic (exact) mass is 379 g/mol. The minimum Gasteiger partial charge on any atom is -0.290 e. The van der Waals surface area contributed by atoms with E-state index in [-0.39, 0.29) is 11.8 Å². The Morgan fingerprint density at radius 2 is 1.86 bits per heavy atom. The summed E-state index contributed by atoms with van der Waals surface area (Å²) in [6.45, 7) is 0. The lowest BCUT2D eigenvalue weighted by Crippen LogP contribution is -2.33. The third-order valence-corrected chi connectivity index (χ3v) is 5.65. The van der Waals surface area contributed by atoms with Crippen molar-refractivity contribution < 1.29 is 4.79 Å². The highest BCUT2D eigenvalue weighted by Gasteiger charge is 2.26. The first kappa shape index (κ1) is 15.6. The summed E-state index contributed by atoms with van der Waals surface area (Å²) in [6, 6.07) is 7.95. The van der Waals surface area contributed by atoms with E-state index < -0.39 is 0 Å². The number of hydrogen-bond donors (Lipinski definition) is 0. The predicted molar refractivity (Wildman–Crippen MR) is 93.0 cm³/mol. The maximum absolute atomic E-state index is 12.5. The Balaban J connectivity index is 1.74. The molecule has 0 spiro atoms. The van der Waals surface area contributed by atoms with Crippen molar-refractivity contribution >= 4 is 38.3 Å². The van der Waals surface area contributed by atoms with Gasteiger partial charge >= 0.3 is 0 Å². The third-order valence-electron chi connectivity index (χ3n) is 4.08. The molecule has 1 saturated carbocycles. The first-order chi connectivity index (χ1) is 10.6. The van der Waals surface area contributed by atoms with Crippen LogP contribution in [0.2, 0.25) is 0 Å². The molecule has 0 bridgehead atoms. The number of anilines is 1. The normalized spacial score (nSPS) is 15.7. The number of nitrogens with zero attached hydrogens (tertiary/aromatic N) is 3. The molecule has 1 aliphatic rings. The van der Waals surface area contributed by atoms with Crippen LogP contribution in [0, 0.1) is 5.92 Å². The Hall–Kier alpha value is -1.27. The Morgan fingerprint density at radius 3 is 2.55 bits per heavy atom. The van der Waals surface area contributed by atoms with Gasteiger partial charge < -0.3 is 0 Å². The second kappa shape index (κ2) is 6.87. The van der Waals surface area contributed by atoms with Gasteiger partial charge in [-0.15, -0.1) is 10.2 Å². The lowest BCUT2D eigenvalue weighted by molar-refractivity contribution is -0.123. The van der Waals surface area contributed by atoms with Crippen LogP contribution in [0.1, 0.15) is 32.1 Å². The number of benzene rings is 1. The third kappa shape index (κ3) is 3.38. The summed E-state index contributed by atoms with van der Waals surface area (Å²) >= 11 is 4.88. The molecular weight excluding hydrogens is 362 g/mol. The standard InChI is InChI=1S/C16H18BrN3OS/c1-20(15(21)12-5-3-2-4-6-12)16-19-18-14(22-16)11-7-9-13(17)10-8-11/h7-10,12H,2-6H2,1H3.